The third-order valence-corrected chi connectivity index (χ3v) is 5.13. The maximum atomic E-state index is 11.9. The van der Waals surface area contributed by atoms with Gasteiger partial charge in [0.15, 0.2) is 4.96 Å². The zero-order chi connectivity index (χ0) is 15.8. The van der Waals surface area contributed by atoms with E-state index in [9.17, 15) is 4.79 Å². The quantitative estimate of drug-likeness (QED) is 0.723. The van der Waals surface area contributed by atoms with Crippen molar-refractivity contribution in [2.75, 3.05) is 13.2 Å². The molecule has 118 valence electrons. The van der Waals surface area contributed by atoms with Crippen molar-refractivity contribution in [2.45, 2.75) is 19.9 Å². The van der Waals surface area contributed by atoms with E-state index in [2.05, 4.69) is 22.7 Å². The van der Waals surface area contributed by atoms with E-state index in [1.807, 2.05) is 25.1 Å². The van der Waals surface area contributed by atoms with Crippen LogP contribution in [0.25, 0.3) is 16.2 Å². The first kappa shape index (κ1) is 14.3. The molecule has 0 atom stereocenters. The highest BCUT2D eigenvalue weighted by Gasteiger charge is 2.26. The molecule has 1 amide bonds. The number of imidazole rings is 1. The van der Waals surface area contributed by atoms with Gasteiger partial charge in [0.2, 0.25) is 0 Å². The normalized spacial score (nSPS) is 14.0. The summed E-state index contributed by atoms with van der Waals surface area (Å²) in [5.41, 5.74) is 3.38. The molecule has 2 aromatic heterocycles. The Morgan fingerprint density at radius 2 is 2.17 bits per heavy atom. The van der Waals surface area contributed by atoms with Gasteiger partial charge in [0.1, 0.15) is 0 Å². The van der Waals surface area contributed by atoms with Gasteiger partial charge in [-0.1, -0.05) is 41.7 Å². The molecule has 1 aliphatic heterocycles. The zero-order valence-electron chi connectivity index (χ0n) is 12.9. The lowest BCUT2D eigenvalue weighted by molar-refractivity contribution is 0.103. The van der Waals surface area contributed by atoms with Crippen LogP contribution in [-0.2, 0) is 17.7 Å². The SMILES string of the molecule is CCOC(=O)N1CCc2c(sc3nc(-c4ccccc4)cn23)C1. The lowest BCUT2D eigenvalue weighted by Gasteiger charge is -2.25. The van der Waals surface area contributed by atoms with Gasteiger partial charge in [-0.05, 0) is 6.92 Å². The van der Waals surface area contributed by atoms with E-state index in [4.69, 9.17) is 9.72 Å². The second-order valence-corrected chi connectivity index (χ2v) is 6.55. The topological polar surface area (TPSA) is 46.8 Å². The highest BCUT2D eigenvalue weighted by molar-refractivity contribution is 7.17. The van der Waals surface area contributed by atoms with Gasteiger partial charge >= 0.3 is 6.09 Å². The summed E-state index contributed by atoms with van der Waals surface area (Å²) in [7, 11) is 0. The molecule has 0 bridgehead atoms. The number of hydrogen-bond acceptors (Lipinski definition) is 4. The summed E-state index contributed by atoms with van der Waals surface area (Å²) in [6, 6.07) is 10.2. The van der Waals surface area contributed by atoms with Gasteiger partial charge in [-0.15, -0.1) is 0 Å². The predicted octanol–water partition coefficient (Wildman–Crippen LogP) is 3.58. The second kappa shape index (κ2) is 5.70. The Kier molecular flexibility index (Phi) is 3.53. The molecule has 6 heteroatoms. The van der Waals surface area contributed by atoms with Gasteiger partial charge in [0.25, 0.3) is 0 Å². The smallest absolute Gasteiger partial charge is 0.410 e. The highest BCUT2D eigenvalue weighted by atomic mass is 32.1. The summed E-state index contributed by atoms with van der Waals surface area (Å²) in [6.45, 7) is 3.55. The van der Waals surface area contributed by atoms with E-state index in [0.717, 1.165) is 22.6 Å². The number of ether oxygens (including phenoxy) is 1. The fourth-order valence-corrected chi connectivity index (χ4v) is 4.09. The van der Waals surface area contributed by atoms with Crippen LogP contribution in [0.15, 0.2) is 36.5 Å². The van der Waals surface area contributed by atoms with Crippen LogP contribution in [0.4, 0.5) is 4.79 Å². The van der Waals surface area contributed by atoms with Gasteiger partial charge in [-0.3, -0.25) is 4.40 Å². The maximum absolute atomic E-state index is 11.9. The van der Waals surface area contributed by atoms with Crippen molar-refractivity contribution in [2.24, 2.45) is 0 Å². The van der Waals surface area contributed by atoms with Crippen molar-refractivity contribution < 1.29 is 9.53 Å². The number of fused-ring (bicyclic) bond motifs is 3. The van der Waals surface area contributed by atoms with E-state index in [-0.39, 0.29) is 6.09 Å². The van der Waals surface area contributed by atoms with Crippen molar-refractivity contribution >= 4 is 22.4 Å². The molecule has 4 rings (SSSR count). The van der Waals surface area contributed by atoms with E-state index in [1.54, 1.807) is 16.2 Å². The number of aromatic nitrogens is 2. The van der Waals surface area contributed by atoms with Crippen molar-refractivity contribution in [1.82, 2.24) is 14.3 Å². The Balaban J connectivity index is 1.65. The molecule has 1 aromatic carbocycles. The van der Waals surface area contributed by atoms with Crippen molar-refractivity contribution in [3.63, 3.8) is 0 Å². The van der Waals surface area contributed by atoms with Crippen molar-refractivity contribution in [3.05, 3.63) is 47.1 Å². The minimum Gasteiger partial charge on any atom is -0.450 e. The molecule has 5 nitrogen and oxygen atoms in total. The molecule has 0 saturated carbocycles. The van der Waals surface area contributed by atoms with Crippen LogP contribution in [0.2, 0.25) is 0 Å². The summed E-state index contributed by atoms with van der Waals surface area (Å²) in [5.74, 6) is 0. The lowest BCUT2D eigenvalue weighted by Crippen LogP contribution is -2.36. The summed E-state index contributed by atoms with van der Waals surface area (Å²) >= 11 is 1.66. The number of rotatable bonds is 2. The number of thiazole rings is 1. The number of amides is 1. The summed E-state index contributed by atoms with van der Waals surface area (Å²) in [4.78, 5) is 20.6. The van der Waals surface area contributed by atoms with Crippen LogP contribution in [0.5, 0.6) is 0 Å². The van der Waals surface area contributed by atoms with Gasteiger partial charge in [0, 0.05) is 35.3 Å². The van der Waals surface area contributed by atoms with E-state index >= 15 is 0 Å². The molecule has 3 heterocycles. The first-order valence-corrected chi connectivity index (χ1v) is 8.54. The van der Waals surface area contributed by atoms with Crippen LogP contribution in [0.3, 0.4) is 0 Å². The van der Waals surface area contributed by atoms with Crippen molar-refractivity contribution in [1.29, 1.82) is 0 Å². The fourth-order valence-electron chi connectivity index (χ4n) is 2.93. The highest BCUT2D eigenvalue weighted by Crippen LogP contribution is 2.31. The van der Waals surface area contributed by atoms with Gasteiger partial charge in [0.05, 0.1) is 18.8 Å². The van der Waals surface area contributed by atoms with Crippen LogP contribution >= 0.6 is 11.3 Å². The first-order chi connectivity index (χ1) is 11.3. The molecule has 3 aromatic rings. The molecule has 0 spiro atoms. The van der Waals surface area contributed by atoms with E-state index in [1.165, 1.54) is 10.6 Å². The molecule has 0 radical (unpaired) electrons. The molecule has 0 fully saturated rings. The lowest BCUT2D eigenvalue weighted by atomic mass is 10.1. The maximum Gasteiger partial charge on any atom is 0.410 e. The van der Waals surface area contributed by atoms with Crippen LogP contribution in [0.1, 0.15) is 17.5 Å². The Morgan fingerprint density at radius 3 is 2.96 bits per heavy atom. The largest absolute Gasteiger partial charge is 0.450 e. The van der Waals surface area contributed by atoms with Gasteiger partial charge in [-0.2, -0.15) is 0 Å². The summed E-state index contributed by atoms with van der Waals surface area (Å²) in [5, 5.41) is 0. The predicted molar refractivity (Wildman–Crippen MR) is 89.6 cm³/mol. The zero-order valence-corrected chi connectivity index (χ0v) is 13.7. The Morgan fingerprint density at radius 1 is 1.35 bits per heavy atom. The van der Waals surface area contributed by atoms with Crippen LogP contribution in [0, 0.1) is 0 Å². The minimum absolute atomic E-state index is 0.228. The molecular weight excluding hydrogens is 310 g/mol. The molecule has 0 unspecified atom stereocenters. The average molecular weight is 327 g/mol. The molecule has 0 saturated heterocycles. The van der Waals surface area contributed by atoms with Crippen molar-refractivity contribution in [3.8, 4) is 11.3 Å². The van der Waals surface area contributed by atoms with Gasteiger partial charge < -0.3 is 9.64 Å². The fraction of sp³-hybridized carbons (Fsp3) is 0.294. The Hall–Kier alpha value is -2.34. The monoisotopic (exact) mass is 327 g/mol. The van der Waals surface area contributed by atoms with Crippen LogP contribution in [-0.4, -0.2) is 33.5 Å². The molecular formula is C17H17N3O2S. The third-order valence-electron chi connectivity index (χ3n) is 4.05. The number of benzene rings is 1. The van der Waals surface area contributed by atoms with E-state index < -0.39 is 0 Å². The first-order valence-electron chi connectivity index (χ1n) is 7.73. The number of nitrogens with zero attached hydrogens (tertiary/aromatic N) is 3. The molecule has 1 aliphatic rings. The number of carbonyl (C=O) groups is 1. The molecule has 23 heavy (non-hydrogen) atoms. The molecule has 0 N–H and O–H groups in total. The Bertz CT molecular complexity index is 853. The molecule has 0 aliphatic carbocycles. The van der Waals surface area contributed by atoms with Gasteiger partial charge in [-0.25, -0.2) is 9.78 Å². The van der Waals surface area contributed by atoms with E-state index in [0.29, 0.717) is 19.7 Å². The second-order valence-electron chi connectivity index (χ2n) is 5.49. The summed E-state index contributed by atoms with van der Waals surface area (Å²) < 4.78 is 7.27. The number of carbonyl (C=O) groups excluding carboxylic acids is 1. The Labute approximate surface area is 138 Å². The third kappa shape index (κ3) is 2.49. The summed E-state index contributed by atoms with van der Waals surface area (Å²) in [6.07, 6.45) is 2.70. The minimum atomic E-state index is -0.228. The average Bonchev–Trinajstić information content (AvgIpc) is 3.13. The standard InChI is InChI=1S/C17H17N3O2S/c1-2-22-17(21)19-9-8-14-15(11-19)23-16-18-13(10-20(14)16)12-6-4-3-5-7-12/h3-7,10H,2,8-9,11H2,1H3. The number of hydrogen-bond donors (Lipinski definition) is 0. The van der Waals surface area contributed by atoms with Crippen LogP contribution < -0.4 is 0 Å².